The van der Waals surface area contributed by atoms with E-state index in [9.17, 15) is 22.0 Å². The zero-order valence-corrected chi connectivity index (χ0v) is 14.8. The van der Waals surface area contributed by atoms with Crippen molar-refractivity contribution < 1.29 is 22.0 Å². The highest BCUT2D eigenvalue weighted by Crippen LogP contribution is 2.38. The predicted octanol–water partition coefficient (Wildman–Crippen LogP) is 6.89. The second-order valence-electron chi connectivity index (χ2n) is 6.87. The van der Waals surface area contributed by atoms with Crippen molar-refractivity contribution in [2.24, 2.45) is 0 Å². The Kier molecular flexibility index (Phi) is 3.84. The summed E-state index contributed by atoms with van der Waals surface area (Å²) in [6.07, 6.45) is 0. The van der Waals surface area contributed by atoms with Crippen LogP contribution in [0.2, 0.25) is 0 Å². The average Bonchev–Trinajstić information content (AvgIpc) is 2.75. The first-order chi connectivity index (χ1) is 14.0. The van der Waals surface area contributed by atoms with Crippen LogP contribution in [0.15, 0.2) is 54.6 Å². The molecule has 6 heteroatoms. The van der Waals surface area contributed by atoms with Crippen LogP contribution < -0.4 is 5.32 Å². The monoisotopic (exact) mass is 397 g/mol. The first kappa shape index (κ1) is 17.7. The molecule has 0 spiro atoms. The summed E-state index contributed by atoms with van der Waals surface area (Å²) in [4.78, 5) is 0. The topological polar surface area (TPSA) is 12.0 Å². The number of rotatable bonds is 3. The van der Waals surface area contributed by atoms with Gasteiger partial charge in [0, 0.05) is 23.2 Å². The standard InChI is InChI=1S/C23H12F5N/c24-19-15(20(25)22(27)23(28)21(19)26)10-29-16-9-7-13-5-4-11-2-1-3-12-6-8-14(16)18(13)17(11)12/h1-9,29H,10H2. The number of halogens is 5. The Labute approximate surface area is 161 Å². The zero-order chi connectivity index (χ0) is 20.3. The normalized spacial score (nSPS) is 11.8. The van der Waals surface area contributed by atoms with E-state index in [1.54, 1.807) is 6.07 Å². The third-order valence-corrected chi connectivity index (χ3v) is 5.29. The molecule has 0 unspecified atom stereocenters. The molecule has 0 heterocycles. The molecule has 0 atom stereocenters. The van der Waals surface area contributed by atoms with Crippen molar-refractivity contribution in [3.8, 4) is 0 Å². The average molecular weight is 397 g/mol. The second kappa shape index (κ2) is 6.30. The van der Waals surface area contributed by atoms with Crippen molar-refractivity contribution in [2.75, 3.05) is 5.32 Å². The molecular formula is C23H12F5N. The number of hydrogen-bond acceptors (Lipinski definition) is 1. The number of anilines is 1. The van der Waals surface area contributed by atoms with Gasteiger partial charge >= 0.3 is 0 Å². The SMILES string of the molecule is Fc1c(F)c(F)c(CNc2ccc3ccc4cccc5ccc2c3c45)c(F)c1F. The summed E-state index contributed by atoms with van der Waals surface area (Å²) in [6, 6.07) is 17.4. The summed E-state index contributed by atoms with van der Waals surface area (Å²) < 4.78 is 68.1. The molecule has 5 aromatic rings. The van der Waals surface area contributed by atoms with Crippen LogP contribution in [0.25, 0.3) is 32.3 Å². The van der Waals surface area contributed by atoms with Gasteiger partial charge in [-0.3, -0.25) is 0 Å². The lowest BCUT2D eigenvalue weighted by Gasteiger charge is -2.16. The molecule has 0 bridgehead atoms. The maximum absolute atomic E-state index is 14.0. The molecular weight excluding hydrogens is 385 g/mol. The van der Waals surface area contributed by atoms with Gasteiger partial charge in [-0.15, -0.1) is 0 Å². The van der Waals surface area contributed by atoms with Crippen LogP contribution in [0.1, 0.15) is 5.56 Å². The zero-order valence-electron chi connectivity index (χ0n) is 14.8. The highest BCUT2D eigenvalue weighted by Gasteiger charge is 2.25. The van der Waals surface area contributed by atoms with E-state index in [1.807, 2.05) is 48.5 Å². The van der Waals surface area contributed by atoms with Crippen molar-refractivity contribution in [1.29, 1.82) is 0 Å². The van der Waals surface area contributed by atoms with Crippen molar-refractivity contribution in [1.82, 2.24) is 0 Å². The Balaban J connectivity index is 1.64. The summed E-state index contributed by atoms with van der Waals surface area (Å²) in [5.41, 5.74) is -0.355. The van der Waals surface area contributed by atoms with Crippen LogP contribution in [0.4, 0.5) is 27.6 Å². The third kappa shape index (κ3) is 2.52. The van der Waals surface area contributed by atoms with E-state index in [0.29, 0.717) is 5.69 Å². The van der Waals surface area contributed by atoms with E-state index in [1.165, 1.54) is 0 Å². The van der Waals surface area contributed by atoms with Crippen molar-refractivity contribution >= 4 is 38.0 Å². The fourth-order valence-corrected chi connectivity index (χ4v) is 3.88. The van der Waals surface area contributed by atoms with E-state index < -0.39 is 41.2 Å². The van der Waals surface area contributed by atoms with Gasteiger partial charge in [0.1, 0.15) is 0 Å². The molecule has 0 saturated heterocycles. The first-order valence-corrected chi connectivity index (χ1v) is 8.88. The molecule has 0 amide bonds. The first-order valence-electron chi connectivity index (χ1n) is 8.88. The fraction of sp³-hybridized carbons (Fsp3) is 0.0435. The Morgan fingerprint density at radius 3 is 1.72 bits per heavy atom. The lowest BCUT2D eigenvalue weighted by Crippen LogP contribution is -2.11. The van der Waals surface area contributed by atoms with E-state index >= 15 is 0 Å². The molecule has 5 rings (SSSR count). The Morgan fingerprint density at radius 1 is 0.552 bits per heavy atom. The summed E-state index contributed by atoms with van der Waals surface area (Å²) >= 11 is 0. The maximum atomic E-state index is 14.0. The van der Waals surface area contributed by atoms with Crippen molar-refractivity contribution in [3.05, 3.63) is 89.2 Å². The van der Waals surface area contributed by atoms with Gasteiger partial charge in [-0.25, -0.2) is 22.0 Å². The maximum Gasteiger partial charge on any atom is 0.200 e. The van der Waals surface area contributed by atoms with E-state index in [0.717, 1.165) is 32.3 Å². The second-order valence-corrected chi connectivity index (χ2v) is 6.87. The van der Waals surface area contributed by atoms with Crippen LogP contribution in [0.3, 0.4) is 0 Å². The molecule has 0 aliphatic carbocycles. The Morgan fingerprint density at radius 2 is 1.07 bits per heavy atom. The number of nitrogens with one attached hydrogen (secondary N) is 1. The van der Waals surface area contributed by atoms with Gasteiger partial charge in [-0.2, -0.15) is 0 Å². The molecule has 5 aromatic carbocycles. The largest absolute Gasteiger partial charge is 0.380 e. The molecule has 0 aliphatic rings. The molecule has 1 N–H and O–H groups in total. The molecule has 0 saturated carbocycles. The summed E-state index contributed by atoms with van der Waals surface area (Å²) in [6.45, 7) is -0.546. The minimum absolute atomic E-state index is 0.541. The van der Waals surface area contributed by atoms with Crippen LogP contribution in [0.5, 0.6) is 0 Å². The Hall–Kier alpha value is -3.41. The lowest BCUT2D eigenvalue weighted by molar-refractivity contribution is 0.371. The number of benzene rings is 5. The third-order valence-electron chi connectivity index (χ3n) is 5.29. The Bertz CT molecular complexity index is 1370. The van der Waals surface area contributed by atoms with Gasteiger partial charge in [0.2, 0.25) is 5.82 Å². The van der Waals surface area contributed by atoms with Crippen LogP contribution in [-0.2, 0) is 6.54 Å². The summed E-state index contributed by atoms with van der Waals surface area (Å²) in [5, 5.41) is 8.77. The van der Waals surface area contributed by atoms with E-state index in [2.05, 4.69) is 5.32 Å². The van der Waals surface area contributed by atoms with Crippen molar-refractivity contribution in [3.63, 3.8) is 0 Å². The minimum atomic E-state index is -2.16. The summed E-state index contributed by atoms with van der Waals surface area (Å²) in [7, 11) is 0. The van der Waals surface area contributed by atoms with Crippen LogP contribution in [0, 0.1) is 29.1 Å². The van der Waals surface area contributed by atoms with Gasteiger partial charge in [-0.05, 0) is 33.0 Å². The van der Waals surface area contributed by atoms with Crippen molar-refractivity contribution in [2.45, 2.75) is 6.54 Å². The van der Waals surface area contributed by atoms with Gasteiger partial charge in [0.25, 0.3) is 0 Å². The fourth-order valence-electron chi connectivity index (χ4n) is 3.88. The molecule has 144 valence electrons. The van der Waals surface area contributed by atoms with E-state index in [-0.39, 0.29) is 0 Å². The van der Waals surface area contributed by atoms with Gasteiger partial charge in [-0.1, -0.05) is 48.5 Å². The molecule has 0 aliphatic heterocycles. The molecule has 0 aromatic heterocycles. The number of hydrogen-bond donors (Lipinski definition) is 1. The minimum Gasteiger partial charge on any atom is -0.380 e. The van der Waals surface area contributed by atoms with Gasteiger partial charge in [0.15, 0.2) is 23.3 Å². The molecule has 29 heavy (non-hydrogen) atoms. The van der Waals surface area contributed by atoms with Crippen LogP contribution >= 0.6 is 0 Å². The highest BCUT2D eigenvalue weighted by molar-refractivity contribution is 6.25. The predicted molar refractivity (Wildman–Crippen MR) is 104 cm³/mol. The molecule has 0 radical (unpaired) electrons. The molecule has 1 nitrogen and oxygen atoms in total. The molecule has 0 fully saturated rings. The summed E-state index contributed by atoms with van der Waals surface area (Å²) in [5.74, 6) is -9.71. The highest BCUT2D eigenvalue weighted by atomic mass is 19.2. The van der Waals surface area contributed by atoms with Gasteiger partial charge < -0.3 is 5.32 Å². The smallest absolute Gasteiger partial charge is 0.200 e. The van der Waals surface area contributed by atoms with E-state index in [4.69, 9.17) is 0 Å². The van der Waals surface area contributed by atoms with Crippen LogP contribution in [-0.4, -0.2) is 0 Å². The van der Waals surface area contributed by atoms with Gasteiger partial charge in [0.05, 0.1) is 0 Å². The quantitative estimate of drug-likeness (QED) is 0.151. The lowest BCUT2D eigenvalue weighted by atomic mass is 9.93.